The van der Waals surface area contributed by atoms with Crippen molar-refractivity contribution in [3.63, 3.8) is 0 Å². The number of nitrogens with zero attached hydrogens (tertiary/aromatic N) is 4. The van der Waals surface area contributed by atoms with Crippen molar-refractivity contribution in [2.75, 3.05) is 26.2 Å². The fraction of sp³-hybridized carbons (Fsp3) is 0.222. The SMILES string of the molecule is CNC(=O)c1ccc(N(Cc2ccc(OC)c(OC(C)=O)c2OC)C(=O)Cn2nnc3ccccc32)cc1. The average molecular weight is 518 g/mol. The number of ether oxygens (including phenoxy) is 3. The Morgan fingerprint density at radius 1 is 0.947 bits per heavy atom. The Kier molecular flexibility index (Phi) is 7.86. The van der Waals surface area contributed by atoms with Crippen LogP contribution in [-0.4, -0.2) is 54.0 Å². The Hall–Kier alpha value is -4.93. The van der Waals surface area contributed by atoms with Gasteiger partial charge in [-0.3, -0.25) is 14.4 Å². The summed E-state index contributed by atoms with van der Waals surface area (Å²) in [5.74, 6) is -0.404. The highest BCUT2D eigenvalue weighted by atomic mass is 16.6. The first kappa shape index (κ1) is 26.1. The normalized spacial score (nSPS) is 10.6. The number of nitrogens with one attached hydrogen (secondary N) is 1. The number of hydrogen-bond donors (Lipinski definition) is 1. The van der Waals surface area contributed by atoms with Crippen molar-refractivity contribution >= 4 is 34.5 Å². The monoisotopic (exact) mass is 517 g/mol. The van der Waals surface area contributed by atoms with Crippen molar-refractivity contribution in [3.8, 4) is 17.2 Å². The predicted molar refractivity (Wildman–Crippen MR) is 139 cm³/mol. The Morgan fingerprint density at radius 2 is 1.68 bits per heavy atom. The zero-order valence-electron chi connectivity index (χ0n) is 21.4. The molecule has 4 rings (SSSR count). The second-order valence-electron chi connectivity index (χ2n) is 8.22. The summed E-state index contributed by atoms with van der Waals surface area (Å²) >= 11 is 0. The molecule has 1 heterocycles. The number of carbonyl (C=O) groups is 3. The van der Waals surface area contributed by atoms with Gasteiger partial charge in [0.25, 0.3) is 5.91 Å². The van der Waals surface area contributed by atoms with Crippen molar-refractivity contribution in [3.05, 3.63) is 71.8 Å². The summed E-state index contributed by atoms with van der Waals surface area (Å²) in [6.45, 7) is 1.25. The molecular weight excluding hydrogens is 490 g/mol. The number of methoxy groups -OCH3 is 2. The van der Waals surface area contributed by atoms with Crippen molar-refractivity contribution in [2.24, 2.45) is 0 Å². The third kappa shape index (κ3) is 5.41. The molecule has 2 amide bonds. The van der Waals surface area contributed by atoms with E-state index in [9.17, 15) is 14.4 Å². The fourth-order valence-corrected chi connectivity index (χ4v) is 4.01. The first-order valence-corrected chi connectivity index (χ1v) is 11.7. The molecule has 11 nitrogen and oxygen atoms in total. The molecule has 0 aliphatic carbocycles. The van der Waals surface area contributed by atoms with Crippen molar-refractivity contribution in [1.82, 2.24) is 20.3 Å². The van der Waals surface area contributed by atoms with Crippen LogP contribution in [0.4, 0.5) is 5.69 Å². The van der Waals surface area contributed by atoms with Crippen molar-refractivity contribution < 1.29 is 28.6 Å². The van der Waals surface area contributed by atoms with Crippen LogP contribution in [-0.2, 0) is 22.7 Å². The first-order valence-electron chi connectivity index (χ1n) is 11.7. The summed E-state index contributed by atoms with van der Waals surface area (Å²) in [4.78, 5) is 39.1. The van der Waals surface area contributed by atoms with Crippen LogP contribution in [0.2, 0.25) is 0 Å². The van der Waals surface area contributed by atoms with Gasteiger partial charge in [-0.15, -0.1) is 5.10 Å². The minimum Gasteiger partial charge on any atom is -0.493 e. The van der Waals surface area contributed by atoms with Gasteiger partial charge in [0.2, 0.25) is 11.7 Å². The maximum absolute atomic E-state index is 13.7. The summed E-state index contributed by atoms with van der Waals surface area (Å²) < 4.78 is 17.8. The molecule has 1 aromatic heterocycles. The van der Waals surface area contributed by atoms with Crippen LogP contribution in [0.25, 0.3) is 11.0 Å². The van der Waals surface area contributed by atoms with Gasteiger partial charge in [0.05, 0.1) is 26.3 Å². The number of carbonyl (C=O) groups excluding carboxylic acids is 3. The van der Waals surface area contributed by atoms with E-state index in [2.05, 4.69) is 15.6 Å². The van der Waals surface area contributed by atoms with E-state index in [1.54, 1.807) is 43.4 Å². The standard InChI is InChI=1S/C27H27N5O6/c1-17(33)38-26-23(36-3)14-11-19(25(26)37-4)15-31(20-12-9-18(10-13-20)27(35)28-2)24(34)16-32-22-8-6-5-7-21(22)29-30-32/h5-14H,15-16H2,1-4H3,(H,28,35). The Balaban J connectivity index is 1.75. The molecule has 0 aliphatic heterocycles. The highest BCUT2D eigenvalue weighted by Crippen LogP contribution is 2.41. The van der Waals surface area contributed by atoms with Crippen LogP contribution in [0.1, 0.15) is 22.8 Å². The van der Waals surface area contributed by atoms with Crippen molar-refractivity contribution in [2.45, 2.75) is 20.0 Å². The second-order valence-corrected chi connectivity index (χ2v) is 8.22. The number of fused-ring (bicyclic) bond motifs is 1. The lowest BCUT2D eigenvalue weighted by Crippen LogP contribution is -2.34. The smallest absolute Gasteiger partial charge is 0.308 e. The van der Waals surface area contributed by atoms with Gasteiger partial charge in [-0.25, -0.2) is 4.68 Å². The maximum atomic E-state index is 13.7. The number of benzene rings is 3. The minimum atomic E-state index is -0.547. The van der Waals surface area contributed by atoms with E-state index in [1.807, 2.05) is 24.3 Å². The third-order valence-corrected chi connectivity index (χ3v) is 5.83. The van der Waals surface area contributed by atoms with E-state index in [1.165, 1.54) is 30.7 Å². The Bertz CT molecular complexity index is 1480. The van der Waals surface area contributed by atoms with Gasteiger partial charge in [0, 0.05) is 30.8 Å². The van der Waals surface area contributed by atoms with Gasteiger partial charge in [-0.2, -0.15) is 0 Å². The van der Waals surface area contributed by atoms with Crippen LogP contribution in [0.3, 0.4) is 0 Å². The molecule has 0 unspecified atom stereocenters. The number of rotatable bonds is 9. The van der Waals surface area contributed by atoms with E-state index in [-0.39, 0.29) is 36.4 Å². The molecule has 11 heteroatoms. The summed E-state index contributed by atoms with van der Waals surface area (Å²) in [5, 5.41) is 10.8. The van der Waals surface area contributed by atoms with E-state index >= 15 is 0 Å². The highest BCUT2D eigenvalue weighted by molar-refractivity contribution is 5.97. The van der Waals surface area contributed by atoms with Crippen molar-refractivity contribution in [1.29, 1.82) is 0 Å². The fourth-order valence-electron chi connectivity index (χ4n) is 4.01. The number of anilines is 1. The lowest BCUT2D eigenvalue weighted by Gasteiger charge is -2.25. The first-order chi connectivity index (χ1) is 18.4. The Morgan fingerprint density at radius 3 is 2.34 bits per heavy atom. The predicted octanol–water partition coefficient (Wildman–Crippen LogP) is 2.97. The summed E-state index contributed by atoms with van der Waals surface area (Å²) in [7, 11) is 4.44. The molecule has 3 aromatic carbocycles. The number of aromatic nitrogens is 3. The topological polar surface area (TPSA) is 125 Å². The molecule has 0 atom stereocenters. The average Bonchev–Trinajstić information content (AvgIpc) is 3.33. The van der Waals surface area contributed by atoms with Crippen LogP contribution in [0.15, 0.2) is 60.7 Å². The molecule has 0 bridgehead atoms. The molecular formula is C27H27N5O6. The molecule has 0 aliphatic rings. The van der Waals surface area contributed by atoms with Crippen LogP contribution in [0, 0.1) is 0 Å². The molecule has 0 fully saturated rings. The quantitative estimate of drug-likeness (QED) is 0.265. The number of para-hydroxylation sites is 1. The second kappa shape index (κ2) is 11.4. The molecule has 0 radical (unpaired) electrons. The number of esters is 1. The van der Waals surface area contributed by atoms with E-state index < -0.39 is 5.97 Å². The Labute approximate surface area is 218 Å². The molecule has 0 spiro atoms. The minimum absolute atomic E-state index is 0.0617. The molecule has 1 N–H and O–H groups in total. The summed E-state index contributed by atoms with van der Waals surface area (Å²) in [6, 6.07) is 17.4. The maximum Gasteiger partial charge on any atom is 0.308 e. The van der Waals surface area contributed by atoms with Gasteiger partial charge in [0.15, 0.2) is 11.5 Å². The number of hydrogen-bond acceptors (Lipinski definition) is 8. The molecule has 4 aromatic rings. The molecule has 0 saturated carbocycles. The lowest BCUT2D eigenvalue weighted by atomic mass is 10.1. The van der Waals surface area contributed by atoms with Crippen LogP contribution in [0.5, 0.6) is 17.2 Å². The van der Waals surface area contributed by atoms with Gasteiger partial charge in [-0.05, 0) is 48.5 Å². The zero-order chi connectivity index (χ0) is 27.2. The summed E-state index contributed by atoms with van der Waals surface area (Å²) in [5.41, 5.74) is 2.94. The molecule has 38 heavy (non-hydrogen) atoms. The summed E-state index contributed by atoms with van der Waals surface area (Å²) in [6.07, 6.45) is 0. The third-order valence-electron chi connectivity index (χ3n) is 5.83. The van der Waals surface area contributed by atoms with Gasteiger partial charge in [0.1, 0.15) is 12.1 Å². The van der Waals surface area contributed by atoms with Crippen LogP contribution < -0.4 is 24.4 Å². The van der Waals surface area contributed by atoms with Gasteiger partial charge < -0.3 is 24.4 Å². The molecule has 196 valence electrons. The number of amides is 2. The molecule has 0 saturated heterocycles. The van der Waals surface area contributed by atoms with Crippen LogP contribution >= 0.6 is 0 Å². The van der Waals surface area contributed by atoms with Gasteiger partial charge >= 0.3 is 5.97 Å². The van der Waals surface area contributed by atoms with E-state index in [0.29, 0.717) is 28.1 Å². The highest BCUT2D eigenvalue weighted by Gasteiger charge is 2.24. The largest absolute Gasteiger partial charge is 0.493 e. The lowest BCUT2D eigenvalue weighted by molar-refractivity contribution is -0.132. The van der Waals surface area contributed by atoms with E-state index in [4.69, 9.17) is 14.2 Å². The zero-order valence-corrected chi connectivity index (χ0v) is 21.4. The van der Waals surface area contributed by atoms with E-state index in [0.717, 1.165) is 5.52 Å². The van der Waals surface area contributed by atoms with Gasteiger partial charge in [-0.1, -0.05) is 17.3 Å².